The van der Waals surface area contributed by atoms with Crippen LogP contribution in [0.1, 0.15) is 0 Å². The van der Waals surface area contributed by atoms with Crippen LogP contribution < -0.4 is 0 Å². The van der Waals surface area contributed by atoms with E-state index in [1.165, 1.54) is 104 Å². The second-order valence-electron chi connectivity index (χ2n) is 16.5. The number of hydrogen-bond acceptors (Lipinski definition) is 0. The van der Waals surface area contributed by atoms with Crippen LogP contribution in [0.15, 0.2) is 237 Å². The number of hydrogen-bond donors (Lipinski definition) is 0. The summed E-state index contributed by atoms with van der Waals surface area (Å²) in [6.07, 6.45) is 0. The summed E-state index contributed by atoms with van der Waals surface area (Å²) < 4.78 is 7.28. The highest BCUT2D eigenvalue weighted by atomic mass is 15.0. The third-order valence-electron chi connectivity index (χ3n) is 13.0. The zero-order valence-corrected chi connectivity index (χ0v) is 34.4. The molecule has 0 saturated carbocycles. The van der Waals surface area contributed by atoms with Crippen LogP contribution in [0, 0.1) is 0 Å². The number of fused-ring (bicyclic) bond motifs is 9. The zero-order valence-electron chi connectivity index (χ0n) is 34.4. The third kappa shape index (κ3) is 5.53. The molecular formula is C60H39N3. The molecule has 63 heavy (non-hydrogen) atoms. The van der Waals surface area contributed by atoms with E-state index >= 15 is 0 Å². The molecule has 0 saturated heterocycles. The fourth-order valence-corrected chi connectivity index (χ4v) is 10.2. The maximum absolute atomic E-state index is 2.47. The number of nitrogens with zero attached hydrogens (tertiary/aromatic N) is 3. The van der Waals surface area contributed by atoms with Crippen LogP contribution in [0.3, 0.4) is 0 Å². The Morgan fingerprint density at radius 3 is 1.32 bits per heavy atom. The number of rotatable bonds is 6. The van der Waals surface area contributed by atoms with E-state index in [0.29, 0.717) is 0 Å². The summed E-state index contributed by atoms with van der Waals surface area (Å²) in [4.78, 5) is 0. The summed E-state index contributed by atoms with van der Waals surface area (Å²) in [6, 6.07) is 86.4. The lowest BCUT2D eigenvalue weighted by molar-refractivity contribution is 1.17. The molecule has 13 aromatic rings. The number of para-hydroxylation sites is 4. The maximum atomic E-state index is 2.47. The predicted octanol–water partition coefficient (Wildman–Crippen LogP) is 16.0. The van der Waals surface area contributed by atoms with Crippen LogP contribution in [0.2, 0.25) is 0 Å². The van der Waals surface area contributed by atoms with E-state index < -0.39 is 0 Å². The van der Waals surface area contributed by atoms with Gasteiger partial charge in [-0.2, -0.15) is 0 Å². The Morgan fingerprint density at radius 2 is 0.651 bits per heavy atom. The average Bonchev–Trinajstić information content (AvgIpc) is 3.99. The summed E-state index contributed by atoms with van der Waals surface area (Å²) in [5.41, 5.74) is 17.8. The standard InChI is InChI=1S/C60H39N3/c1-4-16-40(17-5-1)44-28-32-50-52-37-43(30-34-59(52)63(60(50)38-44)54-25-13-10-22-47(54)41-18-6-2-7-19-41)42-29-33-57-51(36-42)48-23-11-15-27-56(48)62(57)46-31-35-58-53(39-46)49-24-12-14-26-55(49)61(58)45-20-8-3-9-21-45/h1-39H. The van der Waals surface area contributed by atoms with Crippen molar-refractivity contribution < 1.29 is 0 Å². The lowest BCUT2D eigenvalue weighted by Crippen LogP contribution is -1.97. The van der Waals surface area contributed by atoms with Gasteiger partial charge in [0, 0.05) is 49.3 Å². The van der Waals surface area contributed by atoms with E-state index in [0.717, 1.165) is 11.4 Å². The topological polar surface area (TPSA) is 14.8 Å². The highest BCUT2D eigenvalue weighted by Gasteiger charge is 2.20. The fraction of sp³-hybridized carbons (Fsp3) is 0. The van der Waals surface area contributed by atoms with E-state index in [9.17, 15) is 0 Å². The van der Waals surface area contributed by atoms with Gasteiger partial charge in [0.15, 0.2) is 0 Å². The Hall–Kier alpha value is -8.40. The second-order valence-corrected chi connectivity index (χ2v) is 16.5. The molecule has 0 spiro atoms. The van der Waals surface area contributed by atoms with Gasteiger partial charge >= 0.3 is 0 Å². The van der Waals surface area contributed by atoms with Crippen molar-refractivity contribution in [1.29, 1.82) is 0 Å². The van der Waals surface area contributed by atoms with Crippen molar-refractivity contribution in [3.8, 4) is 50.4 Å². The van der Waals surface area contributed by atoms with Gasteiger partial charge in [0.1, 0.15) is 0 Å². The van der Waals surface area contributed by atoms with Crippen LogP contribution in [-0.4, -0.2) is 13.7 Å². The summed E-state index contributed by atoms with van der Waals surface area (Å²) in [7, 11) is 0. The van der Waals surface area contributed by atoms with Crippen LogP contribution in [0.5, 0.6) is 0 Å². The minimum Gasteiger partial charge on any atom is -0.309 e. The van der Waals surface area contributed by atoms with Crippen molar-refractivity contribution in [3.63, 3.8) is 0 Å². The van der Waals surface area contributed by atoms with Crippen LogP contribution in [0.25, 0.3) is 116 Å². The predicted molar refractivity (Wildman–Crippen MR) is 266 cm³/mol. The molecule has 0 unspecified atom stereocenters. The Kier molecular flexibility index (Phi) is 7.91. The van der Waals surface area contributed by atoms with Gasteiger partial charge in [0.25, 0.3) is 0 Å². The molecule has 3 aromatic heterocycles. The van der Waals surface area contributed by atoms with Gasteiger partial charge < -0.3 is 13.7 Å². The van der Waals surface area contributed by atoms with Crippen molar-refractivity contribution in [2.45, 2.75) is 0 Å². The Balaban J connectivity index is 0.990. The number of aromatic nitrogens is 3. The first-order valence-electron chi connectivity index (χ1n) is 21.7. The highest BCUT2D eigenvalue weighted by Crippen LogP contribution is 2.42. The van der Waals surface area contributed by atoms with Gasteiger partial charge in [-0.25, -0.2) is 0 Å². The molecule has 0 atom stereocenters. The molecule has 13 rings (SSSR count). The Morgan fingerprint density at radius 1 is 0.206 bits per heavy atom. The SMILES string of the molecule is c1ccc(-c2ccc3c4cc(-c5ccc6c(c5)c5ccccc5n6-c5ccc6c(c5)c5ccccc5n6-c5ccccc5)ccc4n(-c4ccccc4-c4ccccc4)c3c2)cc1. The van der Waals surface area contributed by atoms with Crippen molar-refractivity contribution in [2.24, 2.45) is 0 Å². The summed E-state index contributed by atoms with van der Waals surface area (Å²) in [5.74, 6) is 0. The third-order valence-corrected chi connectivity index (χ3v) is 13.0. The first-order valence-corrected chi connectivity index (χ1v) is 21.7. The van der Waals surface area contributed by atoms with E-state index in [4.69, 9.17) is 0 Å². The molecule has 3 heteroatoms. The van der Waals surface area contributed by atoms with E-state index in [1.54, 1.807) is 0 Å². The van der Waals surface area contributed by atoms with Crippen molar-refractivity contribution in [2.75, 3.05) is 0 Å². The number of benzene rings is 10. The lowest BCUT2D eigenvalue weighted by Gasteiger charge is -2.14. The fourth-order valence-electron chi connectivity index (χ4n) is 10.2. The highest BCUT2D eigenvalue weighted by molar-refractivity contribution is 6.14. The monoisotopic (exact) mass is 801 g/mol. The van der Waals surface area contributed by atoms with Gasteiger partial charge in [-0.3, -0.25) is 0 Å². The lowest BCUT2D eigenvalue weighted by atomic mass is 9.99. The molecule has 0 radical (unpaired) electrons. The quantitative estimate of drug-likeness (QED) is 0.159. The largest absolute Gasteiger partial charge is 0.309 e. The molecule has 0 aliphatic carbocycles. The molecule has 3 nitrogen and oxygen atoms in total. The molecule has 0 fully saturated rings. The summed E-state index contributed by atoms with van der Waals surface area (Å²) in [6.45, 7) is 0. The molecule has 294 valence electrons. The van der Waals surface area contributed by atoms with Crippen LogP contribution >= 0.6 is 0 Å². The van der Waals surface area contributed by atoms with E-state index in [1.807, 2.05) is 0 Å². The Bertz CT molecular complexity index is 3890. The van der Waals surface area contributed by atoms with Crippen molar-refractivity contribution in [3.05, 3.63) is 237 Å². The smallest absolute Gasteiger partial charge is 0.0547 e. The molecule has 0 aliphatic heterocycles. The van der Waals surface area contributed by atoms with Crippen molar-refractivity contribution >= 4 is 65.4 Å². The average molecular weight is 802 g/mol. The maximum Gasteiger partial charge on any atom is 0.0547 e. The van der Waals surface area contributed by atoms with E-state index in [-0.39, 0.29) is 0 Å². The second kappa shape index (κ2) is 14.1. The first-order chi connectivity index (χ1) is 31.3. The molecule has 10 aromatic carbocycles. The minimum atomic E-state index is 1.15. The first kappa shape index (κ1) is 35.4. The summed E-state index contributed by atoms with van der Waals surface area (Å²) >= 11 is 0. The zero-order chi connectivity index (χ0) is 41.4. The molecule has 3 heterocycles. The van der Waals surface area contributed by atoms with Crippen LogP contribution in [0.4, 0.5) is 0 Å². The minimum absolute atomic E-state index is 1.15. The van der Waals surface area contributed by atoms with E-state index in [2.05, 4.69) is 250 Å². The molecule has 0 bridgehead atoms. The van der Waals surface area contributed by atoms with Gasteiger partial charge in [0.2, 0.25) is 0 Å². The molecule has 0 amide bonds. The van der Waals surface area contributed by atoms with Gasteiger partial charge in [-0.05, 0) is 107 Å². The van der Waals surface area contributed by atoms with Crippen molar-refractivity contribution in [1.82, 2.24) is 13.7 Å². The normalized spacial score (nSPS) is 11.8. The summed E-state index contributed by atoms with van der Waals surface area (Å²) in [5, 5.41) is 7.43. The van der Waals surface area contributed by atoms with Gasteiger partial charge in [-0.1, -0.05) is 158 Å². The molecule has 0 aliphatic rings. The Labute approximate surface area is 364 Å². The molecular weight excluding hydrogens is 763 g/mol. The van der Waals surface area contributed by atoms with Gasteiger partial charge in [0.05, 0.1) is 38.8 Å². The van der Waals surface area contributed by atoms with Crippen LogP contribution in [-0.2, 0) is 0 Å². The molecule has 0 N–H and O–H groups in total. The van der Waals surface area contributed by atoms with Gasteiger partial charge in [-0.15, -0.1) is 0 Å².